The molecule has 0 amide bonds. The van der Waals surface area contributed by atoms with Crippen molar-refractivity contribution in [2.75, 3.05) is 6.61 Å². The van der Waals surface area contributed by atoms with Gasteiger partial charge in [0.2, 0.25) is 0 Å². The van der Waals surface area contributed by atoms with Crippen LogP contribution in [0.5, 0.6) is 5.75 Å². The predicted molar refractivity (Wildman–Crippen MR) is 87.9 cm³/mol. The highest BCUT2D eigenvalue weighted by atomic mass is 19.1. The van der Waals surface area contributed by atoms with E-state index in [4.69, 9.17) is 4.74 Å². The Bertz CT molecular complexity index is 834. The lowest BCUT2D eigenvalue weighted by Crippen LogP contribution is -2.27. The van der Waals surface area contributed by atoms with Gasteiger partial charge in [0.25, 0.3) is 0 Å². The zero-order valence-corrected chi connectivity index (χ0v) is 13.0. The number of fused-ring (bicyclic) bond motifs is 1. The lowest BCUT2D eigenvalue weighted by Gasteiger charge is -2.27. The normalized spacial score (nSPS) is 16.5. The molecule has 0 unspecified atom stereocenters. The van der Waals surface area contributed by atoms with Crippen LogP contribution in [0.3, 0.4) is 0 Å². The SMILES string of the molecule is Fc1cccc2c1OCC[C@H]2NCc1cn[nH]c1-c1cccnc1. The topological polar surface area (TPSA) is 62.8 Å². The fourth-order valence-corrected chi connectivity index (χ4v) is 3.04. The number of para-hydroxylation sites is 1. The molecule has 24 heavy (non-hydrogen) atoms. The lowest BCUT2D eigenvalue weighted by atomic mass is 10.00. The van der Waals surface area contributed by atoms with Crippen LogP contribution >= 0.6 is 0 Å². The number of pyridine rings is 1. The number of hydrogen-bond acceptors (Lipinski definition) is 4. The molecule has 122 valence electrons. The van der Waals surface area contributed by atoms with Crippen LogP contribution in [0.1, 0.15) is 23.6 Å². The first kappa shape index (κ1) is 14.8. The van der Waals surface area contributed by atoms with E-state index in [1.165, 1.54) is 6.07 Å². The number of aromatic amines is 1. The third-order valence-corrected chi connectivity index (χ3v) is 4.23. The fraction of sp³-hybridized carbons (Fsp3) is 0.222. The van der Waals surface area contributed by atoms with E-state index >= 15 is 0 Å². The number of H-pyrrole nitrogens is 1. The third-order valence-electron chi connectivity index (χ3n) is 4.23. The van der Waals surface area contributed by atoms with E-state index in [9.17, 15) is 4.39 Å². The van der Waals surface area contributed by atoms with E-state index < -0.39 is 0 Å². The average molecular weight is 324 g/mol. The first-order chi connectivity index (χ1) is 11.8. The van der Waals surface area contributed by atoms with E-state index in [0.29, 0.717) is 18.9 Å². The Morgan fingerprint density at radius 3 is 3.08 bits per heavy atom. The summed E-state index contributed by atoms with van der Waals surface area (Å²) < 4.78 is 19.3. The van der Waals surface area contributed by atoms with Crippen molar-refractivity contribution in [3.8, 4) is 17.0 Å². The summed E-state index contributed by atoms with van der Waals surface area (Å²) in [6, 6.07) is 9.00. The second-order valence-corrected chi connectivity index (χ2v) is 5.74. The molecule has 0 saturated carbocycles. The Kier molecular flexibility index (Phi) is 3.96. The first-order valence-electron chi connectivity index (χ1n) is 7.90. The number of nitrogens with one attached hydrogen (secondary N) is 2. The third kappa shape index (κ3) is 2.76. The summed E-state index contributed by atoms with van der Waals surface area (Å²) >= 11 is 0. The summed E-state index contributed by atoms with van der Waals surface area (Å²) in [4.78, 5) is 4.14. The van der Waals surface area contributed by atoms with Gasteiger partial charge in [0.1, 0.15) is 0 Å². The molecular weight excluding hydrogens is 307 g/mol. The van der Waals surface area contributed by atoms with Crippen LogP contribution in [-0.2, 0) is 6.54 Å². The van der Waals surface area contributed by atoms with Gasteiger partial charge in [-0.3, -0.25) is 10.1 Å². The van der Waals surface area contributed by atoms with E-state index in [0.717, 1.165) is 28.8 Å². The number of ether oxygens (including phenoxy) is 1. The van der Waals surface area contributed by atoms with Crippen LogP contribution < -0.4 is 10.1 Å². The highest BCUT2D eigenvalue weighted by Crippen LogP contribution is 2.34. The van der Waals surface area contributed by atoms with E-state index in [1.807, 2.05) is 18.2 Å². The molecule has 0 radical (unpaired) electrons. The van der Waals surface area contributed by atoms with Gasteiger partial charge in [-0.1, -0.05) is 12.1 Å². The van der Waals surface area contributed by atoms with Gasteiger partial charge in [0, 0.05) is 48.1 Å². The quantitative estimate of drug-likeness (QED) is 0.773. The van der Waals surface area contributed by atoms with Gasteiger partial charge < -0.3 is 10.1 Å². The molecule has 2 N–H and O–H groups in total. The minimum absolute atomic E-state index is 0.0566. The van der Waals surface area contributed by atoms with Crippen LogP contribution in [-0.4, -0.2) is 21.8 Å². The summed E-state index contributed by atoms with van der Waals surface area (Å²) in [6.07, 6.45) is 6.15. The number of benzene rings is 1. The highest BCUT2D eigenvalue weighted by Gasteiger charge is 2.23. The van der Waals surface area contributed by atoms with Gasteiger partial charge >= 0.3 is 0 Å². The molecule has 1 aliphatic rings. The standard InChI is InChI=1S/C18H17FN4O/c19-15-5-1-4-14-16(6-8-24-18(14)15)21-10-13-11-22-23-17(13)12-3-2-7-20-9-12/h1-5,7,9,11,16,21H,6,8,10H2,(H,22,23)/t16-/m1/s1. The Balaban J connectivity index is 1.54. The monoisotopic (exact) mass is 324 g/mol. The van der Waals surface area contributed by atoms with Gasteiger partial charge in [-0.15, -0.1) is 0 Å². The number of nitrogens with zero attached hydrogens (tertiary/aromatic N) is 2. The van der Waals surface area contributed by atoms with Crippen molar-refractivity contribution in [2.45, 2.75) is 19.0 Å². The average Bonchev–Trinajstić information content (AvgIpc) is 3.10. The number of halogens is 1. The largest absolute Gasteiger partial charge is 0.490 e. The van der Waals surface area contributed by atoms with Gasteiger partial charge in [-0.05, 0) is 18.2 Å². The van der Waals surface area contributed by atoms with Crippen LogP contribution in [0.4, 0.5) is 4.39 Å². The lowest BCUT2D eigenvalue weighted by molar-refractivity contribution is 0.240. The predicted octanol–water partition coefficient (Wildman–Crippen LogP) is 3.22. The maximum absolute atomic E-state index is 13.9. The van der Waals surface area contributed by atoms with Crippen LogP contribution in [0.15, 0.2) is 48.9 Å². The van der Waals surface area contributed by atoms with E-state index in [1.54, 1.807) is 24.7 Å². The second kappa shape index (κ2) is 6.41. The zero-order chi connectivity index (χ0) is 16.4. The molecule has 1 aliphatic heterocycles. The summed E-state index contributed by atoms with van der Waals surface area (Å²) in [5.41, 5.74) is 3.85. The summed E-state index contributed by atoms with van der Waals surface area (Å²) in [5, 5.41) is 10.7. The van der Waals surface area contributed by atoms with Crippen molar-refractivity contribution in [1.29, 1.82) is 0 Å². The molecule has 3 aromatic rings. The van der Waals surface area contributed by atoms with Crippen LogP contribution in [0.2, 0.25) is 0 Å². The highest BCUT2D eigenvalue weighted by molar-refractivity contribution is 5.61. The maximum atomic E-state index is 13.9. The van der Waals surface area contributed by atoms with Crippen molar-refractivity contribution >= 4 is 0 Å². The molecular formula is C18H17FN4O. The Hall–Kier alpha value is -2.73. The van der Waals surface area contributed by atoms with Gasteiger partial charge in [0.05, 0.1) is 18.5 Å². The minimum atomic E-state index is -0.307. The summed E-state index contributed by atoms with van der Waals surface area (Å²) in [6.45, 7) is 1.13. The van der Waals surface area contributed by atoms with Gasteiger partial charge in [0.15, 0.2) is 11.6 Å². The molecule has 0 saturated heterocycles. The van der Waals surface area contributed by atoms with Gasteiger partial charge in [-0.2, -0.15) is 5.10 Å². The minimum Gasteiger partial charge on any atom is -0.490 e. The molecule has 1 atom stereocenters. The molecule has 3 heterocycles. The van der Waals surface area contributed by atoms with Gasteiger partial charge in [-0.25, -0.2) is 4.39 Å². The number of rotatable bonds is 4. The molecule has 1 aromatic carbocycles. The first-order valence-corrected chi connectivity index (χ1v) is 7.90. The number of hydrogen-bond donors (Lipinski definition) is 2. The maximum Gasteiger partial charge on any atom is 0.165 e. The van der Waals surface area contributed by atoms with Crippen molar-refractivity contribution in [3.05, 3.63) is 65.9 Å². The van der Waals surface area contributed by atoms with Crippen molar-refractivity contribution in [2.24, 2.45) is 0 Å². The summed E-state index contributed by atoms with van der Waals surface area (Å²) in [5.74, 6) is 0.0549. The summed E-state index contributed by atoms with van der Waals surface area (Å²) in [7, 11) is 0. The molecule has 0 fully saturated rings. The van der Waals surface area contributed by atoms with E-state index in [2.05, 4.69) is 20.5 Å². The molecule has 5 nitrogen and oxygen atoms in total. The zero-order valence-electron chi connectivity index (χ0n) is 13.0. The molecule has 0 bridgehead atoms. The van der Waals surface area contributed by atoms with Crippen molar-refractivity contribution < 1.29 is 9.13 Å². The molecule has 0 aliphatic carbocycles. The molecule has 6 heteroatoms. The fourth-order valence-electron chi connectivity index (χ4n) is 3.04. The molecule has 2 aromatic heterocycles. The van der Waals surface area contributed by atoms with Crippen molar-refractivity contribution in [1.82, 2.24) is 20.5 Å². The molecule has 4 rings (SSSR count). The van der Waals surface area contributed by atoms with E-state index in [-0.39, 0.29) is 11.9 Å². The Morgan fingerprint density at radius 1 is 1.25 bits per heavy atom. The van der Waals surface area contributed by atoms with Crippen molar-refractivity contribution in [3.63, 3.8) is 0 Å². The second-order valence-electron chi connectivity index (χ2n) is 5.74. The van der Waals surface area contributed by atoms with Crippen LogP contribution in [0.25, 0.3) is 11.3 Å². The Labute approximate surface area is 138 Å². The van der Waals surface area contributed by atoms with Crippen LogP contribution in [0, 0.1) is 5.82 Å². The number of aromatic nitrogens is 3. The Morgan fingerprint density at radius 2 is 2.21 bits per heavy atom. The smallest absolute Gasteiger partial charge is 0.165 e. The molecule has 0 spiro atoms.